The van der Waals surface area contributed by atoms with Crippen molar-refractivity contribution in [3.8, 4) is 0 Å². The number of hydrogen-bond donors (Lipinski definition) is 2. The summed E-state index contributed by atoms with van der Waals surface area (Å²) in [5, 5.41) is 4.88. The van der Waals surface area contributed by atoms with E-state index in [2.05, 4.69) is 17.0 Å². The van der Waals surface area contributed by atoms with Crippen LogP contribution in [0.2, 0.25) is 0 Å². The van der Waals surface area contributed by atoms with Crippen LogP contribution in [0.15, 0.2) is 39.9 Å². The van der Waals surface area contributed by atoms with E-state index in [0.717, 1.165) is 24.0 Å². The molecule has 2 N–H and O–H groups in total. The molecule has 0 amide bonds. The first-order valence-corrected chi connectivity index (χ1v) is 9.26. The lowest BCUT2D eigenvalue weighted by Crippen LogP contribution is -2.13. The molecule has 1 aromatic carbocycles. The molecule has 0 unspecified atom stereocenters. The zero-order chi connectivity index (χ0) is 15.3. The molecule has 0 bridgehead atoms. The van der Waals surface area contributed by atoms with Crippen LogP contribution in [0.4, 0.5) is 5.69 Å². The van der Waals surface area contributed by atoms with Crippen molar-refractivity contribution in [1.29, 1.82) is 0 Å². The molecular formula is C15H20N2O2S2. The van der Waals surface area contributed by atoms with Gasteiger partial charge in [0.25, 0.3) is 10.0 Å². The van der Waals surface area contributed by atoms with Gasteiger partial charge in [0, 0.05) is 6.54 Å². The number of benzene rings is 1. The van der Waals surface area contributed by atoms with Crippen molar-refractivity contribution >= 4 is 27.0 Å². The van der Waals surface area contributed by atoms with Crippen LogP contribution in [0, 0.1) is 0 Å². The molecule has 0 aliphatic carbocycles. The molecule has 6 heteroatoms. The molecule has 2 rings (SSSR count). The van der Waals surface area contributed by atoms with Gasteiger partial charge in [-0.1, -0.05) is 31.5 Å². The van der Waals surface area contributed by atoms with E-state index < -0.39 is 10.0 Å². The minimum Gasteiger partial charge on any atom is -0.316 e. The van der Waals surface area contributed by atoms with Crippen LogP contribution in [0.1, 0.15) is 24.5 Å². The highest BCUT2D eigenvalue weighted by Crippen LogP contribution is 2.25. The van der Waals surface area contributed by atoms with Gasteiger partial charge in [0.15, 0.2) is 0 Å². The van der Waals surface area contributed by atoms with Gasteiger partial charge in [0.2, 0.25) is 0 Å². The summed E-state index contributed by atoms with van der Waals surface area (Å²) in [5.41, 5.74) is 2.67. The predicted molar refractivity (Wildman–Crippen MR) is 88.3 cm³/mol. The Bertz CT molecular complexity index is 693. The van der Waals surface area contributed by atoms with E-state index >= 15 is 0 Å². The third-order valence-corrected chi connectivity index (χ3v) is 5.91. The Morgan fingerprint density at radius 1 is 1.24 bits per heavy atom. The van der Waals surface area contributed by atoms with Crippen molar-refractivity contribution in [1.82, 2.24) is 5.32 Å². The molecule has 0 aliphatic heterocycles. The van der Waals surface area contributed by atoms with Crippen LogP contribution in [0.5, 0.6) is 0 Å². The summed E-state index contributed by atoms with van der Waals surface area (Å²) in [4.78, 5) is 0. The molecule has 0 spiro atoms. The minimum atomic E-state index is -3.51. The van der Waals surface area contributed by atoms with Crippen molar-refractivity contribution in [2.24, 2.45) is 0 Å². The highest BCUT2D eigenvalue weighted by atomic mass is 32.2. The van der Waals surface area contributed by atoms with Gasteiger partial charge in [0.05, 0.1) is 5.69 Å². The molecule has 4 nitrogen and oxygen atoms in total. The first-order valence-electron chi connectivity index (χ1n) is 6.89. The molecule has 1 heterocycles. The molecule has 114 valence electrons. The normalized spacial score (nSPS) is 11.5. The number of aryl methyl sites for hydroxylation is 1. The number of thiophene rings is 1. The van der Waals surface area contributed by atoms with Gasteiger partial charge in [-0.3, -0.25) is 4.72 Å². The van der Waals surface area contributed by atoms with E-state index in [0.29, 0.717) is 16.4 Å². The molecule has 0 atom stereocenters. The molecule has 0 aliphatic rings. The summed E-state index contributed by atoms with van der Waals surface area (Å²) < 4.78 is 28.0. The Morgan fingerprint density at radius 2 is 2.00 bits per heavy atom. The van der Waals surface area contributed by atoms with Gasteiger partial charge in [-0.05, 0) is 42.1 Å². The van der Waals surface area contributed by atoms with E-state index in [-0.39, 0.29) is 0 Å². The van der Waals surface area contributed by atoms with Crippen molar-refractivity contribution in [2.75, 3.05) is 11.8 Å². The minimum absolute atomic E-state index is 0.346. The maximum atomic E-state index is 12.5. The highest BCUT2D eigenvalue weighted by molar-refractivity contribution is 7.94. The molecule has 1 aromatic heterocycles. The van der Waals surface area contributed by atoms with Crippen LogP contribution < -0.4 is 10.0 Å². The van der Waals surface area contributed by atoms with Crippen LogP contribution in [-0.2, 0) is 23.0 Å². The van der Waals surface area contributed by atoms with E-state index in [9.17, 15) is 8.42 Å². The monoisotopic (exact) mass is 324 g/mol. The van der Waals surface area contributed by atoms with E-state index in [4.69, 9.17) is 0 Å². The second-order valence-electron chi connectivity index (χ2n) is 4.82. The summed E-state index contributed by atoms with van der Waals surface area (Å²) >= 11 is 1.24. The average Bonchev–Trinajstić information content (AvgIpc) is 2.91. The summed E-state index contributed by atoms with van der Waals surface area (Å²) in [7, 11) is -1.67. The van der Waals surface area contributed by atoms with Gasteiger partial charge in [0.1, 0.15) is 4.21 Å². The van der Waals surface area contributed by atoms with Crippen molar-refractivity contribution < 1.29 is 8.42 Å². The lowest BCUT2D eigenvalue weighted by atomic mass is 10.1. The Kier molecular flexibility index (Phi) is 5.39. The Balaban J connectivity index is 2.24. The van der Waals surface area contributed by atoms with E-state index in [1.54, 1.807) is 6.07 Å². The zero-order valence-corrected chi connectivity index (χ0v) is 13.9. The van der Waals surface area contributed by atoms with Crippen molar-refractivity contribution in [3.63, 3.8) is 0 Å². The molecular weight excluding hydrogens is 304 g/mol. The highest BCUT2D eigenvalue weighted by Gasteiger charge is 2.18. The SMILES string of the molecule is CCCc1ccccc1NS(=O)(=O)c1cc(CNC)cs1. The summed E-state index contributed by atoms with van der Waals surface area (Å²) in [6.07, 6.45) is 1.83. The molecule has 2 aromatic rings. The molecule has 21 heavy (non-hydrogen) atoms. The van der Waals surface area contributed by atoms with Crippen molar-refractivity contribution in [2.45, 2.75) is 30.5 Å². The van der Waals surface area contributed by atoms with E-state index in [1.165, 1.54) is 11.3 Å². The molecule has 0 fully saturated rings. The quantitative estimate of drug-likeness (QED) is 0.822. The molecule has 0 saturated heterocycles. The van der Waals surface area contributed by atoms with Gasteiger partial charge in [-0.25, -0.2) is 8.42 Å². The van der Waals surface area contributed by atoms with Gasteiger partial charge < -0.3 is 5.32 Å². The van der Waals surface area contributed by atoms with E-state index in [1.807, 2.05) is 36.7 Å². The van der Waals surface area contributed by atoms with Crippen LogP contribution in [0.3, 0.4) is 0 Å². The second-order valence-corrected chi connectivity index (χ2v) is 7.64. The van der Waals surface area contributed by atoms with Crippen LogP contribution >= 0.6 is 11.3 Å². The molecule has 0 radical (unpaired) electrons. The lowest BCUT2D eigenvalue weighted by molar-refractivity contribution is 0.603. The number of rotatable bonds is 7. The zero-order valence-electron chi connectivity index (χ0n) is 12.2. The first-order chi connectivity index (χ1) is 10.1. The Morgan fingerprint density at radius 3 is 2.71 bits per heavy atom. The largest absolute Gasteiger partial charge is 0.316 e. The lowest BCUT2D eigenvalue weighted by Gasteiger charge is -2.11. The fourth-order valence-electron chi connectivity index (χ4n) is 2.09. The van der Waals surface area contributed by atoms with Crippen LogP contribution in [0.25, 0.3) is 0 Å². The van der Waals surface area contributed by atoms with Gasteiger partial charge >= 0.3 is 0 Å². The third kappa shape index (κ3) is 4.06. The predicted octanol–water partition coefficient (Wildman–Crippen LogP) is 3.22. The summed E-state index contributed by atoms with van der Waals surface area (Å²) in [5.74, 6) is 0. The average molecular weight is 324 g/mol. The summed E-state index contributed by atoms with van der Waals surface area (Å²) in [6, 6.07) is 9.26. The number of hydrogen-bond acceptors (Lipinski definition) is 4. The first kappa shape index (κ1) is 16.0. The fourth-order valence-corrected chi connectivity index (χ4v) is 4.40. The Labute approximate surface area is 130 Å². The maximum absolute atomic E-state index is 12.5. The number of nitrogens with one attached hydrogen (secondary N) is 2. The van der Waals surface area contributed by atoms with Gasteiger partial charge in [-0.15, -0.1) is 11.3 Å². The third-order valence-electron chi connectivity index (χ3n) is 3.06. The van der Waals surface area contributed by atoms with Crippen molar-refractivity contribution in [3.05, 3.63) is 46.8 Å². The van der Waals surface area contributed by atoms with Gasteiger partial charge in [-0.2, -0.15) is 0 Å². The summed E-state index contributed by atoms with van der Waals surface area (Å²) in [6.45, 7) is 2.74. The Hall–Kier alpha value is -1.37. The standard InChI is InChI=1S/C15H20N2O2S2/c1-3-6-13-7-4-5-8-14(13)17-21(18,19)15-9-12(10-16-2)11-20-15/h4-5,7-9,11,16-17H,3,6,10H2,1-2H3. The smallest absolute Gasteiger partial charge is 0.271 e. The molecule has 0 saturated carbocycles. The topological polar surface area (TPSA) is 58.2 Å². The van der Waals surface area contributed by atoms with Crippen LogP contribution in [-0.4, -0.2) is 15.5 Å². The number of para-hydroxylation sites is 1. The number of anilines is 1. The number of sulfonamides is 1. The maximum Gasteiger partial charge on any atom is 0.271 e. The second kappa shape index (κ2) is 7.06. The fraction of sp³-hybridized carbons (Fsp3) is 0.333.